The fourth-order valence-corrected chi connectivity index (χ4v) is 1.65. The second-order valence-corrected chi connectivity index (χ2v) is 3.84. The van der Waals surface area contributed by atoms with Crippen molar-refractivity contribution in [3.8, 4) is 0 Å². The van der Waals surface area contributed by atoms with Crippen molar-refractivity contribution in [3.63, 3.8) is 0 Å². The smallest absolute Gasteiger partial charge is 0.110 e. The van der Waals surface area contributed by atoms with Crippen LogP contribution in [-0.4, -0.2) is 4.98 Å². The molecule has 0 radical (unpaired) electrons. The van der Waals surface area contributed by atoms with Crippen LogP contribution in [0, 0.1) is 0 Å². The van der Waals surface area contributed by atoms with Crippen LogP contribution in [0.3, 0.4) is 0 Å². The lowest BCUT2D eigenvalue weighted by molar-refractivity contribution is -0.0242. The maximum Gasteiger partial charge on any atom is 0.110 e. The van der Waals surface area contributed by atoms with Gasteiger partial charge in [-0.2, -0.15) is 0 Å². The Labute approximate surface area is 80.0 Å². The Balaban J connectivity index is 3.10. The van der Waals surface area contributed by atoms with Crippen LogP contribution in [0.25, 0.3) is 0 Å². The van der Waals surface area contributed by atoms with Gasteiger partial charge in [0.25, 0.3) is 0 Å². The van der Waals surface area contributed by atoms with Gasteiger partial charge < -0.3 is 0 Å². The molecule has 12 heavy (non-hydrogen) atoms. The number of aromatic nitrogens is 1. The summed E-state index contributed by atoms with van der Waals surface area (Å²) in [6.45, 7) is 3.79. The molecule has 1 aromatic rings. The maximum atomic E-state index is 5.17. The number of rotatable bonds is 2. The van der Waals surface area contributed by atoms with E-state index >= 15 is 0 Å². The van der Waals surface area contributed by atoms with Gasteiger partial charge in [-0.15, -0.1) is 0 Å². The zero-order valence-corrected chi connectivity index (χ0v) is 8.63. The Morgan fingerprint density at radius 1 is 1.58 bits per heavy atom. The van der Waals surface area contributed by atoms with Crippen molar-refractivity contribution in [2.75, 3.05) is 0 Å². The Bertz CT molecular complexity index is 276. The largest absolute Gasteiger partial charge is 0.294 e. The van der Waals surface area contributed by atoms with Crippen molar-refractivity contribution < 1.29 is 4.84 Å². The van der Waals surface area contributed by atoms with Crippen molar-refractivity contribution >= 4 is 15.9 Å². The monoisotopic (exact) mass is 230 g/mol. The van der Waals surface area contributed by atoms with E-state index in [-0.39, 0.29) is 0 Å². The van der Waals surface area contributed by atoms with E-state index in [1.165, 1.54) is 0 Å². The fraction of sp³-hybridized carbons (Fsp3) is 0.375. The Morgan fingerprint density at radius 2 is 2.25 bits per heavy atom. The van der Waals surface area contributed by atoms with E-state index in [0.29, 0.717) is 0 Å². The van der Waals surface area contributed by atoms with Crippen LogP contribution in [0.1, 0.15) is 19.4 Å². The normalized spacial score (nSPS) is 11.7. The highest BCUT2D eigenvalue weighted by molar-refractivity contribution is 9.10. The highest BCUT2D eigenvalue weighted by Gasteiger charge is 2.22. The lowest BCUT2D eigenvalue weighted by atomic mass is 10.00. The SMILES string of the molecule is CC(C)(ON)c1ccncc1Br. The van der Waals surface area contributed by atoms with Crippen molar-refractivity contribution in [3.05, 3.63) is 28.5 Å². The Morgan fingerprint density at radius 3 is 2.75 bits per heavy atom. The van der Waals surface area contributed by atoms with Crippen LogP contribution in [-0.2, 0) is 10.4 Å². The van der Waals surface area contributed by atoms with Crippen molar-refractivity contribution in [2.45, 2.75) is 19.4 Å². The van der Waals surface area contributed by atoms with Gasteiger partial charge in [-0.25, -0.2) is 5.90 Å². The summed E-state index contributed by atoms with van der Waals surface area (Å²) in [5, 5.41) is 0. The zero-order chi connectivity index (χ0) is 9.19. The summed E-state index contributed by atoms with van der Waals surface area (Å²) in [5.74, 6) is 5.17. The summed E-state index contributed by atoms with van der Waals surface area (Å²) in [7, 11) is 0. The number of halogens is 1. The molecule has 0 spiro atoms. The molecule has 0 saturated heterocycles. The Hall–Kier alpha value is -0.450. The second-order valence-electron chi connectivity index (χ2n) is 2.98. The first-order valence-corrected chi connectivity index (χ1v) is 4.35. The van der Waals surface area contributed by atoms with Crippen molar-refractivity contribution in [2.24, 2.45) is 5.90 Å². The molecule has 0 bridgehead atoms. The molecule has 1 heterocycles. The molecule has 3 nitrogen and oxygen atoms in total. The first kappa shape index (κ1) is 9.64. The summed E-state index contributed by atoms with van der Waals surface area (Å²) < 4.78 is 0.903. The standard InChI is InChI=1S/C8H11BrN2O/c1-8(2,12-10)6-3-4-11-5-7(6)9/h3-5H,10H2,1-2H3. The van der Waals surface area contributed by atoms with Crippen LogP contribution in [0.15, 0.2) is 22.9 Å². The molecule has 0 atom stereocenters. The summed E-state index contributed by atoms with van der Waals surface area (Å²) in [5.41, 5.74) is 0.502. The summed E-state index contributed by atoms with van der Waals surface area (Å²) >= 11 is 3.37. The third-order valence-corrected chi connectivity index (χ3v) is 2.35. The number of nitrogens with two attached hydrogens (primary N) is 1. The number of hydrogen-bond acceptors (Lipinski definition) is 3. The first-order chi connectivity index (χ1) is 5.58. The van der Waals surface area contributed by atoms with Crippen LogP contribution in [0.2, 0.25) is 0 Å². The molecule has 0 amide bonds. The summed E-state index contributed by atoms with van der Waals surface area (Å²) in [4.78, 5) is 8.80. The first-order valence-electron chi connectivity index (χ1n) is 3.56. The zero-order valence-electron chi connectivity index (χ0n) is 7.04. The highest BCUT2D eigenvalue weighted by atomic mass is 79.9. The molecule has 0 aliphatic rings. The van der Waals surface area contributed by atoms with Gasteiger partial charge >= 0.3 is 0 Å². The summed E-state index contributed by atoms with van der Waals surface area (Å²) in [6.07, 6.45) is 3.43. The van der Waals surface area contributed by atoms with Gasteiger partial charge in [-0.05, 0) is 35.8 Å². The molecule has 66 valence electrons. The molecule has 4 heteroatoms. The van der Waals surface area contributed by atoms with Gasteiger partial charge in [-0.1, -0.05) is 0 Å². The molecule has 0 fully saturated rings. The lowest BCUT2D eigenvalue weighted by Crippen LogP contribution is -2.25. The van der Waals surface area contributed by atoms with Crippen LogP contribution in [0.5, 0.6) is 0 Å². The minimum Gasteiger partial charge on any atom is -0.294 e. The predicted octanol–water partition coefficient (Wildman–Crippen LogP) is 1.97. The number of hydrogen-bond donors (Lipinski definition) is 1. The molecule has 0 unspecified atom stereocenters. The quantitative estimate of drug-likeness (QED) is 0.791. The van der Waals surface area contributed by atoms with Gasteiger partial charge in [0.05, 0.1) is 0 Å². The Kier molecular flexibility index (Phi) is 2.82. The highest BCUT2D eigenvalue weighted by Crippen LogP contribution is 2.28. The van der Waals surface area contributed by atoms with Gasteiger partial charge in [0.15, 0.2) is 0 Å². The number of pyridine rings is 1. The van der Waals surface area contributed by atoms with Crippen LogP contribution in [0.4, 0.5) is 0 Å². The summed E-state index contributed by atoms with van der Waals surface area (Å²) in [6, 6.07) is 1.87. The number of nitrogens with zero attached hydrogens (tertiary/aromatic N) is 1. The van der Waals surface area contributed by atoms with E-state index in [4.69, 9.17) is 10.7 Å². The molecule has 2 N–H and O–H groups in total. The van der Waals surface area contributed by atoms with Gasteiger partial charge in [0.1, 0.15) is 5.60 Å². The minimum absolute atomic E-state index is 0.484. The molecular weight excluding hydrogens is 220 g/mol. The van der Waals surface area contributed by atoms with Crippen molar-refractivity contribution in [1.29, 1.82) is 0 Å². The van der Waals surface area contributed by atoms with E-state index in [1.807, 2.05) is 19.9 Å². The second kappa shape index (κ2) is 3.51. The third-order valence-electron chi connectivity index (χ3n) is 1.72. The van der Waals surface area contributed by atoms with Gasteiger partial charge in [0, 0.05) is 22.4 Å². The maximum absolute atomic E-state index is 5.17. The van der Waals surface area contributed by atoms with Crippen LogP contribution < -0.4 is 5.90 Å². The molecule has 0 aliphatic heterocycles. The average molecular weight is 231 g/mol. The van der Waals surface area contributed by atoms with E-state index < -0.39 is 5.60 Å². The van der Waals surface area contributed by atoms with Gasteiger partial charge in [0.2, 0.25) is 0 Å². The minimum atomic E-state index is -0.484. The molecular formula is C8H11BrN2O. The molecule has 0 aliphatic carbocycles. The molecule has 0 aromatic carbocycles. The predicted molar refractivity (Wildman–Crippen MR) is 50.2 cm³/mol. The van der Waals surface area contributed by atoms with Gasteiger partial charge in [-0.3, -0.25) is 9.82 Å². The fourth-order valence-electron chi connectivity index (χ4n) is 0.927. The van der Waals surface area contributed by atoms with E-state index in [2.05, 4.69) is 20.9 Å². The third kappa shape index (κ3) is 1.83. The molecule has 0 saturated carbocycles. The van der Waals surface area contributed by atoms with E-state index in [0.717, 1.165) is 10.0 Å². The molecule has 1 aromatic heterocycles. The average Bonchev–Trinajstić information content (AvgIpc) is 2.05. The topological polar surface area (TPSA) is 48.1 Å². The lowest BCUT2D eigenvalue weighted by Gasteiger charge is -2.22. The van der Waals surface area contributed by atoms with E-state index in [9.17, 15) is 0 Å². The molecule has 1 rings (SSSR count). The van der Waals surface area contributed by atoms with Crippen LogP contribution >= 0.6 is 15.9 Å². The van der Waals surface area contributed by atoms with E-state index in [1.54, 1.807) is 12.4 Å². The van der Waals surface area contributed by atoms with Crippen molar-refractivity contribution in [1.82, 2.24) is 4.98 Å².